The lowest BCUT2D eigenvalue weighted by atomic mass is 9.83. The van der Waals surface area contributed by atoms with Gasteiger partial charge >= 0.3 is 7.12 Å². The average Bonchev–Trinajstić information content (AvgIpc) is 2.70. The number of aryl methyl sites for hydroxylation is 2. The Hall–Kier alpha value is -1.59. The predicted molar refractivity (Wildman–Crippen MR) is 62.9 cm³/mol. The average molecular weight is 216 g/mol. The largest absolute Gasteiger partial charge is 0.491 e. The Morgan fingerprint density at radius 2 is 2.00 bits per heavy atom. The first kappa shape index (κ1) is 10.9. The Labute approximate surface area is 94.3 Å². The molecule has 2 rings (SSSR count). The Balaban J connectivity index is 2.46. The van der Waals surface area contributed by atoms with E-state index < -0.39 is 7.12 Å². The molecule has 4 nitrogen and oxygen atoms in total. The van der Waals surface area contributed by atoms with Crippen LogP contribution in [0, 0.1) is 13.8 Å². The molecule has 16 heavy (non-hydrogen) atoms. The van der Waals surface area contributed by atoms with Crippen molar-refractivity contribution in [3.05, 3.63) is 41.7 Å². The summed E-state index contributed by atoms with van der Waals surface area (Å²) in [6, 6.07) is 6.06. The molecule has 0 aliphatic carbocycles. The van der Waals surface area contributed by atoms with Gasteiger partial charge < -0.3 is 10.0 Å². The van der Waals surface area contributed by atoms with Crippen LogP contribution in [0.25, 0.3) is 5.69 Å². The van der Waals surface area contributed by atoms with Crippen LogP contribution in [0.2, 0.25) is 0 Å². The minimum atomic E-state index is -1.47. The quantitative estimate of drug-likeness (QED) is 0.703. The van der Waals surface area contributed by atoms with Crippen molar-refractivity contribution in [3.8, 4) is 5.69 Å². The fourth-order valence-electron chi connectivity index (χ4n) is 1.57. The van der Waals surface area contributed by atoms with Crippen molar-refractivity contribution < 1.29 is 10.0 Å². The molecular formula is C11H13BN2O2. The van der Waals surface area contributed by atoms with Gasteiger partial charge in [0.1, 0.15) is 0 Å². The summed E-state index contributed by atoms with van der Waals surface area (Å²) in [5.74, 6) is 0. The lowest BCUT2D eigenvalue weighted by Gasteiger charge is -2.06. The summed E-state index contributed by atoms with van der Waals surface area (Å²) < 4.78 is 1.65. The van der Waals surface area contributed by atoms with Gasteiger partial charge in [0.15, 0.2) is 0 Å². The number of hydrogen-bond donors (Lipinski definition) is 2. The van der Waals surface area contributed by atoms with Gasteiger partial charge in [-0.25, -0.2) is 4.68 Å². The molecule has 0 atom stereocenters. The van der Waals surface area contributed by atoms with Crippen molar-refractivity contribution in [2.24, 2.45) is 0 Å². The smallest absolute Gasteiger partial charge is 0.423 e. The molecule has 82 valence electrons. The first-order valence-corrected chi connectivity index (χ1v) is 5.06. The molecule has 0 saturated carbocycles. The lowest BCUT2D eigenvalue weighted by Crippen LogP contribution is -2.28. The normalized spacial score (nSPS) is 10.5. The van der Waals surface area contributed by atoms with Crippen molar-refractivity contribution in [2.75, 3.05) is 0 Å². The highest BCUT2D eigenvalue weighted by Crippen LogP contribution is 2.14. The van der Waals surface area contributed by atoms with Crippen molar-refractivity contribution in [1.82, 2.24) is 9.78 Å². The van der Waals surface area contributed by atoms with Crippen LogP contribution < -0.4 is 5.46 Å². The summed E-state index contributed by atoms with van der Waals surface area (Å²) >= 11 is 0. The summed E-state index contributed by atoms with van der Waals surface area (Å²) in [5.41, 5.74) is 3.57. The van der Waals surface area contributed by atoms with E-state index in [1.807, 2.05) is 32.0 Å². The third kappa shape index (κ3) is 2.00. The van der Waals surface area contributed by atoms with Gasteiger partial charge in [-0.1, -0.05) is 12.1 Å². The van der Waals surface area contributed by atoms with E-state index in [0.29, 0.717) is 5.46 Å². The van der Waals surface area contributed by atoms with Gasteiger partial charge in [0.25, 0.3) is 0 Å². The molecular weight excluding hydrogens is 203 g/mol. The van der Waals surface area contributed by atoms with Gasteiger partial charge in [-0.2, -0.15) is 5.10 Å². The molecule has 1 aromatic heterocycles. The van der Waals surface area contributed by atoms with Crippen molar-refractivity contribution in [1.29, 1.82) is 0 Å². The molecule has 0 saturated heterocycles. The van der Waals surface area contributed by atoms with Crippen LogP contribution in [0.1, 0.15) is 11.1 Å². The SMILES string of the molecule is Cc1ccc(C)c(-n2cc(B(O)O)cn2)c1. The van der Waals surface area contributed by atoms with E-state index in [-0.39, 0.29) is 0 Å². The first-order valence-electron chi connectivity index (χ1n) is 5.06. The monoisotopic (exact) mass is 216 g/mol. The highest BCUT2D eigenvalue weighted by Gasteiger charge is 2.14. The van der Waals surface area contributed by atoms with Crippen LogP contribution in [0.3, 0.4) is 0 Å². The van der Waals surface area contributed by atoms with E-state index in [1.54, 1.807) is 10.9 Å². The molecule has 5 heteroatoms. The van der Waals surface area contributed by atoms with E-state index >= 15 is 0 Å². The second kappa shape index (κ2) is 4.12. The van der Waals surface area contributed by atoms with Gasteiger partial charge in [0, 0.05) is 17.9 Å². The Kier molecular flexibility index (Phi) is 2.81. The first-order chi connectivity index (χ1) is 7.58. The minimum Gasteiger partial charge on any atom is -0.423 e. The van der Waals surface area contributed by atoms with Gasteiger partial charge in [0.05, 0.1) is 5.69 Å². The minimum absolute atomic E-state index is 0.390. The fraction of sp³-hybridized carbons (Fsp3) is 0.182. The Morgan fingerprint density at radius 1 is 1.25 bits per heavy atom. The van der Waals surface area contributed by atoms with Crippen molar-refractivity contribution >= 4 is 12.6 Å². The lowest BCUT2D eigenvalue weighted by molar-refractivity contribution is 0.426. The summed E-state index contributed by atoms with van der Waals surface area (Å²) in [6.07, 6.45) is 3.07. The molecule has 0 fully saturated rings. The topological polar surface area (TPSA) is 58.3 Å². The zero-order valence-corrected chi connectivity index (χ0v) is 9.25. The highest BCUT2D eigenvalue weighted by molar-refractivity contribution is 6.58. The molecule has 1 aromatic carbocycles. The maximum Gasteiger partial charge on any atom is 0.491 e. The molecule has 0 spiro atoms. The fourth-order valence-corrected chi connectivity index (χ4v) is 1.57. The third-order valence-electron chi connectivity index (χ3n) is 2.51. The van der Waals surface area contributed by atoms with E-state index in [4.69, 9.17) is 10.0 Å². The molecule has 1 heterocycles. The molecule has 2 N–H and O–H groups in total. The highest BCUT2D eigenvalue weighted by atomic mass is 16.4. The Bertz CT molecular complexity index is 508. The number of rotatable bonds is 2. The summed E-state index contributed by atoms with van der Waals surface area (Å²) in [4.78, 5) is 0. The van der Waals surface area contributed by atoms with E-state index in [9.17, 15) is 0 Å². The second-order valence-corrected chi connectivity index (χ2v) is 3.88. The van der Waals surface area contributed by atoms with Crippen LogP contribution in [-0.4, -0.2) is 26.9 Å². The van der Waals surface area contributed by atoms with Gasteiger partial charge in [-0.05, 0) is 31.0 Å². The van der Waals surface area contributed by atoms with Crippen molar-refractivity contribution in [2.45, 2.75) is 13.8 Å². The maximum atomic E-state index is 9.01. The van der Waals surface area contributed by atoms with Gasteiger partial charge in [-0.15, -0.1) is 0 Å². The predicted octanol–water partition coefficient (Wildman–Crippen LogP) is 0.169. The molecule has 0 amide bonds. The zero-order chi connectivity index (χ0) is 11.7. The summed E-state index contributed by atoms with van der Waals surface area (Å²) in [5, 5.41) is 22.1. The van der Waals surface area contributed by atoms with E-state index in [2.05, 4.69) is 5.10 Å². The number of benzene rings is 1. The zero-order valence-electron chi connectivity index (χ0n) is 9.25. The van der Waals surface area contributed by atoms with Crippen molar-refractivity contribution in [3.63, 3.8) is 0 Å². The number of aromatic nitrogens is 2. The molecule has 0 bridgehead atoms. The maximum absolute atomic E-state index is 9.01. The standard InChI is InChI=1S/C11H13BN2O2/c1-8-3-4-9(2)11(5-8)14-7-10(6-13-14)12(15)16/h3-7,15-16H,1-2H3. The van der Waals surface area contributed by atoms with Crippen LogP contribution in [0.5, 0.6) is 0 Å². The molecule has 2 aromatic rings. The van der Waals surface area contributed by atoms with Gasteiger partial charge in [-0.3, -0.25) is 0 Å². The Morgan fingerprint density at radius 3 is 2.62 bits per heavy atom. The van der Waals surface area contributed by atoms with Crippen LogP contribution in [-0.2, 0) is 0 Å². The van der Waals surface area contributed by atoms with Crippen LogP contribution in [0.4, 0.5) is 0 Å². The van der Waals surface area contributed by atoms with E-state index in [0.717, 1.165) is 16.8 Å². The third-order valence-corrected chi connectivity index (χ3v) is 2.51. The molecule has 0 aliphatic heterocycles. The van der Waals surface area contributed by atoms with Gasteiger partial charge in [0.2, 0.25) is 0 Å². The second-order valence-electron chi connectivity index (χ2n) is 3.88. The number of nitrogens with zero attached hydrogens (tertiary/aromatic N) is 2. The summed E-state index contributed by atoms with van der Waals surface area (Å²) in [7, 11) is -1.47. The van der Waals surface area contributed by atoms with E-state index in [1.165, 1.54) is 6.20 Å². The molecule has 0 aliphatic rings. The van der Waals surface area contributed by atoms with Crippen LogP contribution >= 0.6 is 0 Å². The number of hydrogen-bond acceptors (Lipinski definition) is 3. The molecule has 0 radical (unpaired) electrons. The summed E-state index contributed by atoms with van der Waals surface area (Å²) in [6.45, 7) is 4.00. The molecule has 0 unspecified atom stereocenters. The van der Waals surface area contributed by atoms with Crippen LogP contribution in [0.15, 0.2) is 30.6 Å².